The molecular formula is C17H16N2O7. The molecule has 0 fully saturated rings. The number of esters is 1. The highest BCUT2D eigenvalue weighted by Gasteiger charge is 2.18. The third-order valence-electron chi connectivity index (χ3n) is 3.34. The van der Waals surface area contributed by atoms with E-state index in [0.717, 1.165) is 0 Å². The van der Waals surface area contributed by atoms with E-state index < -0.39 is 23.4 Å². The number of methoxy groups -OCH3 is 2. The van der Waals surface area contributed by atoms with Crippen LogP contribution in [0.15, 0.2) is 42.5 Å². The van der Waals surface area contributed by atoms with Crippen LogP contribution in [0.3, 0.4) is 0 Å². The molecule has 0 atom stereocenters. The molecule has 26 heavy (non-hydrogen) atoms. The molecule has 0 bridgehead atoms. The second-order valence-electron chi connectivity index (χ2n) is 4.96. The molecule has 0 aromatic heterocycles. The number of hydrogen-bond acceptors (Lipinski definition) is 7. The Labute approximate surface area is 148 Å². The molecular weight excluding hydrogens is 344 g/mol. The first-order valence-corrected chi connectivity index (χ1v) is 7.38. The molecule has 0 aliphatic heterocycles. The fraction of sp³-hybridized carbons (Fsp3) is 0.176. The maximum absolute atomic E-state index is 12.1. The molecule has 0 aliphatic rings. The van der Waals surface area contributed by atoms with Gasteiger partial charge >= 0.3 is 5.97 Å². The van der Waals surface area contributed by atoms with Gasteiger partial charge in [-0.3, -0.25) is 14.9 Å². The van der Waals surface area contributed by atoms with Gasteiger partial charge in [-0.05, 0) is 18.2 Å². The van der Waals surface area contributed by atoms with E-state index in [1.165, 1.54) is 50.6 Å². The molecule has 0 heterocycles. The predicted octanol–water partition coefficient (Wildman–Crippen LogP) is 2.41. The highest BCUT2D eigenvalue weighted by atomic mass is 16.6. The molecule has 9 heteroatoms. The Morgan fingerprint density at radius 3 is 2.50 bits per heavy atom. The summed E-state index contributed by atoms with van der Waals surface area (Å²) in [6, 6.07) is 10.1. The Morgan fingerprint density at radius 1 is 1.12 bits per heavy atom. The van der Waals surface area contributed by atoms with E-state index in [1.807, 2.05) is 0 Å². The van der Waals surface area contributed by atoms with Gasteiger partial charge in [0.15, 0.2) is 6.61 Å². The third-order valence-corrected chi connectivity index (χ3v) is 3.34. The van der Waals surface area contributed by atoms with Crippen LogP contribution in [-0.4, -0.2) is 37.6 Å². The van der Waals surface area contributed by atoms with E-state index in [1.54, 1.807) is 6.07 Å². The van der Waals surface area contributed by atoms with E-state index in [4.69, 9.17) is 14.2 Å². The number of hydrogen-bond donors (Lipinski definition) is 1. The first-order valence-electron chi connectivity index (χ1n) is 7.38. The van der Waals surface area contributed by atoms with E-state index in [9.17, 15) is 19.7 Å². The van der Waals surface area contributed by atoms with Gasteiger partial charge in [-0.15, -0.1) is 0 Å². The number of ether oxygens (including phenoxy) is 3. The predicted molar refractivity (Wildman–Crippen MR) is 91.6 cm³/mol. The fourth-order valence-corrected chi connectivity index (χ4v) is 2.10. The molecule has 136 valence electrons. The minimum Gasteiger partial charge on any atom is -0.497 e. The summed E-state index contributed by atoms with van der Waals surface area (Å²) in [5.41, 5.74) is -0.128. The van der Waals surface area contributed by atoms with E-state index >= 15 is 0 Å². The second kappa shape index (κ2) is 8.47. The third kappa shape index (κ3) is 4.47. The van der Waals surface area contributed by atoms with Gasteiger partial charge in [0.05, 0.1) is 19.1 Å². The van der Waals surface area contributed by atoms with Crippen LogP contribution in [0.4, 0.5) is 11.4 Å². The Hall–Kier alpha value is -3.62. The van der Waals surface area contributed by atoms with Gasteiger partial charge in [-0.2, -0.15) is 0 Å². The summed E-state index contributed by atoms with van der Waals surface area (Å²) in [4.78, 5) is 34.3. The van der Waals surface area contributed by atoms with E-state index in [2.05, 4.69) is 5.32 Å². The lowest BCUT2D eigenvalue weighted by atomic mass is 10.2. The molecule has 2 aromatic carbocycles. The monoisotopic (exact) mass is 360 g/mol. The van der Waals surface area contributed by atoms with Gasteiger partial charge in [0.1, 0.15) is 22.7 Å². The van der Waals surface area contributed by atoms with Crippen molar-refractivity contribution in [3.8, 4) is 11.5 Å². The van der Waals surface area contributed by atoms with Crippen molar-refractivity contribution in [2.75, 3.05) is 26.1 Å². The lowest BCUT2D eigenvalue weighted by molar-refractivity contribution is -0.383. The first kappa shape index (κ1) is 18.7. The molecule has 2 rings (SSSR count). The van der Waals surface area contributed by atoms with Crippen LogP contribution < -0.4 is 14.8 Å². The average molecular weight is 360 g/mol. The van der Waals surface area contributed by atoms with Crippen molar-refractivity contribution in [3.63, 3.8) is 0 Å². The van der Waals surface area contributed by atoms with Crippen LogP contribution in [0.25, 0.3) is 0 Å². The Kier molecular flexibility index (Phi) is 6.10. The van der Waals surface area contributed by atoms with Gasteiger partial charge < -0.3 is 19.5 Å². The van der Waals surface area contributed by atoms with Crippen molar-refractivity contribution in [1.82, 2.24) is 0 Å². The highest BCUT2D eigenvalue weighted by molar-refractivity contribution is 5.97. The van der Waals surface area contributed by atoms with Gasteiger partial charge in [0, 0.05) is 12.1 Å². The van der Waals surface area contributed by atoms with Crippen LogP contribution in [0.5, 0.6) is 11.5 Å². The summed E-state index contributed by atoms with van der Waals surface area (Å²) in [6.45, 7) is -0.611. The molecule has 0 spiro atoms. The van der Waals surface area contributed by atoms with Crippen molar-refractivity contribution in [1.29, 1.82) is 0 Å². The zero-order chi connectivity index (χ0) is 19.1. The molecule has 0 aliphatic carbocycles. The van der Waals surface area contributed by atoms with Crippen LogP contribution in [0.2, 0.25) is 0 Å². The van der Waals surface area contributed by atoms with Crippen LogP contribution in [0, 0.1) is 10.1 Å². The molecule has 9 nitrogen and oxygen atoms in total. The molecule has 1 N–H and O–H groups in total. The molecule has 2 aromatic rings. The standard InChI is InChI=1S/C17H16N2O7/c1-24-11-7-8-12(15(9-11)25-2)17(21)26-10-16(20)18-13-5-3-4-6-14(13)19(22)23/h3-9H,10H2,1-2H3,(H,18,20). The fourth-order valence-electron chi connectivity index (χ4n) is 2.10. The Balaban J connectivity index is 2.02. The van der Waals surface area contributed by atoms with Crippen molar-refractivity contribution in [3.05, 3.63) is 58.1 Å². The summed E-state index contributed by atoms with van der Waals surface area (Å²) in [7, 11) is 2.85. The number of amides is 1. The lowest BCUT2D eigenvalue weighted by Gasteiger charge is -2.10. The second-order valence-corrected chi connectivity index (χ2v) is 4.96. The molecule has 0 saturated carbocycles. The number of benzene rings is 2. The van der Waals surface area contributed by atoms with Gasteiger partial charge in [-0.25, -0.2) is 4.79 Å². The summed E-state index contributed by atoms with van der Waals surface area (Å²) in [5, 5.41) is 13.3. The number of rotatable bonds is 7. The largest absolute Gasteiger partial charge is 0.497 e. The number of carbonyl (C=O) groups is 2. The average Bonchev–Trinajstić information content (AvgIpc) is 2.65. The maximum atomic E-state index is 12.1. The summed E-state index contributed by atoms with van der Waals surface area (Å²) >= 11 is 0. The summed E-state index contributed by atoms with van der Waals surface area (Å²) < 4.78 is 15.1. The topological polar surface area (TPSA) is 117 Å². The number of para-hydroxylation sites is 2. The van der Waals surface area contributed by atoms with Gasteiger partial charge in [0.25, 0.3) is 11.6 Å². The Bertz CT molecular complexity index is 836. The smallest absolute Gasteiger partial charge is 0.342 e. The number of nitro benzene ring substituents is 1. The van der Waals surface area contributed by atoms with E-state index in [0.29, 0.717) is 5.75 Å². The molecule has 0 unspecified atom stereocenters. The number of anilines is 1. The number of nitrogens with one attached hydrogen (secondary N) is 1. The molecule has 0 radical (unpaired) electrons. The van der Waals surface area contributed by atoms with Crippen LogP contribution >= 0.6 is 0 Å². The lowest BCUT2D eigenvalue weighted by Crippen LogP contribution is -2.21. The van der Waals surface area contributed by atoms with E-state index in [-0.39, 0.29) is 22.7 Å². The SMILES string of the molecule is COc1ccc(C(=O)OCC(=O)Nc2ccccc2[N+](=O)[O-])c(OC)c1. The first-order chi connectivity index (χ1) is 12.5. The highest BCUT2D eigenvalue weighted by Crippen LogP contribution is 2.25. The maximum Gasteiger partial charge on any atom is 0.342 e. The van der Waals surface area contributed by atoms with Gasteiger partial charge in [0.2, 0.25) is 0 Å². The minimum absolute atomic E-state index is 0.0144. The minimum atomic E-state index is -0.776. The number of nitro groups is 1. The quantitative estimate of drug-likeness (QED) is 0.458. The van der Waals surface area contributed by atoms with Crippen LogP contribution in [-0.2, 0) is 9.53 Å². The van der Waals surface area contributed by atoms with Crippen molar-refractivity contribution < 1.29 is 28.7 Å². The normalized spacial score (nSPS) is 9.92. The zero-order valence-electron chi connectivity index (χ0n) is 14.1. The van der Waals surface area contributed by atoms with Crippen molar-refractivity contribution in [2.45, 2.75) is 0 Å². The zero-order valence-corrected chi connectivity index (χ0v) is 14.1. The summed E-state index contributed by atoms with van der Waals surface area (Å²) in [5.74, 6) is -0.761. The number of nitrogens with zero attached hydrogens (tertiary/aromatic N) is 1. The summed E-state index contributed by atoms with van der Waals surface area (Å²) in [6.07, 6.45) is 0. The van der Waals surface area contributed by atoms with Crippen LogP contribution in [0.1, 0.15) is 10.4 Å². The van der Waals surface area contributed by atoms with Crippen molar-refractivity contribution >= 4 is 23.3 Å². The Morgan fingerprint density at radius 2 is 1.85 bits per heavy atom. The molecule has 0 saturated heterocycles. The molecule has 1 amide bonds. The van der Waals surface area contributed by atoms with Gasteiger partial charge in [-0.1, -0.05) is 12.1 Å². The number of carbonyl (C=O) groups excluding carboxylic acids is 2. The van der Waals surface area contributed by atoms with Crippen molar-refractivity contribution in [2.24, 2.45) is 0 Å².